The Morgan fingerprint density at radius 3 is 2.62 bits per heavy atom. The molecule has 2 aromatic carbocycles. The minimum atomic E-state index is -3.14. The highest BCUT2D eigenvalue weighted by Crippen LogP contribution is 2.29. The van der Waals surface area contributed by atoms with Crippen LogP contribution >= 0.6 is 0 Å². The number of hydrogen-bond acceptors (Lipinski definition) is 2. The molecule has 3 N–H and O–H groups in total. The Labute approximate surface area is 182 Å². The van der Waals surface area contributed by atoms with Gasteiger partial charge in [-0.1, -0.05) is 25.1 Å². The molecule has 32 heavy (non-hydrogen) atoms. The van der Waals surface area contributed by atoms with Crippen molar-refractivity contribution in [3.63, 3.8) is 0 Å². The molecular weight excluding hydrogens is 419 g/mol. The van der Waals surface area contributed by atoms with Gasteiger partial charge in [-0.3, -0.25) is 0 Å². The molecule has 0 saturated carbocycles. The van der Waals surface area contributed by atoms with Crippen molar-refractivity contribution in [1.82, 2.24) is 20.1 Å². The van der Waals surface area contributed by atoms with E-state index in [-0.39, 0.29) is 0 Å². The van der Waals surface area contributed by atoms with Crippen LogP contribution in [-0.4, -0.2) is 39.9 Å². The number of fused-ring (bicyclic) bond motifs is 1. The average molecular weight is 441 g/mol. The van der Waals surface area contributed by atoms with Crippen LogP contribution in [0.5, 0.6) is 0 Å². The number of aryl methyl sites for hydroxylation is 1. The first kappa shape index (κ1) is 21.5. The second-order valence-electron chi connectivity index (χ2n) is 7.34. The van der Waals surface area contributed by atoms with E-state index in [0.717, 1.165) is 34.1 Å². The monoisotopic (exact) mass is 441 g/mol. The van der Waals surface area contributed by atoms with Crippen LogP contribution in [0.2, 0.25) is 0 Å². The number of amides is 2. The number of urea groups is 1. The Balaban J connectivity index is 1.52. The third-order valence-corrected chi connectivity index (χ3v) is 5.19. The van der Waals surface area contributed by atoms with Crippen LogP contribution in [-0.2, 0) is 6.42 Å². The van der Waals surface area contributed by atoms with E-state index in [9.17, 15) is 18.0 Å². The zero-order valence-corrected chi connectivity index (χ0v) is 17.3. The van der Waals surface area contributed by atoms with E-state index < -0.39 is 25.2 Å². The molecule has 4 aromatic rings. The maximum atomic E-state index is 13.0. The average Bonchev–Trinajstić information content (AvgIpc) is 3.45. The van der Waals surface area contributed by atoms with Crippen molar-refractivity contribution in [2.75, 3.05) is 11.9 Å². The first-order chi connectivity index (χ1) is 15.4. The van der Waals surface area contributed by atoms with Crippen molar-refractivity contribution in [3.8, 4) is 16.8 Å². The van der Waals surface area contributed by atoms with Crippen LogP contribution < -0.4 is 10.6 Å². The Kier molecular flexibility index (Phi) is 6.16. The van der Waals surface area contributed by atoms with Crippen LogP contribution in [0.15, 0.2) is 61.1 Å². The Morgan fingerprint density at radius 1 is 1.12 bits per heavy atom. The lowest BCUT2D eigenvalue weighted by molar-refractivity contribution is 0.0517. The molecule has 0 saturated heterocycles. The van der Waals surface area contributed by atoms with E-state index in [1.807, 2.05) is 36.5 Å². The van der Waals surface area contributed by atoms with Gasteiger partial charge >= 0.3 is 6.03 Å². The lowest BCUT2D eigenvalue weighted by atomic mass is 10.1. The SMILES string of the molecule is CCc1ccc(-n2cc(-c3ccc4[nH]cc(NC(=O)NCC(F)C(F)F)c4c3)cn2)cc1. The lowest BCUT2D eigenvalue weighted by Crippen LogP contribution is -2.36. The van der Waals surface area contributed by atoms with Crippen molar-refractivity contribution in [1.29, 1.82) is 0 Å². The maximum Gasteiger partial charge on any atom is 0.319 e. The van der Waals surface area contributed by atoms with Crippen molar-refractivity contribution >= 4 is 22.6 Å². The van der Waals surface area contributed by atoms with Gasteiger partial charge in [-0.15, -0.1) is 0 Å². The molecule has 0 aliphatic rings. The largest absolute Gasteiger partial charge is 0.359 e. The van der Waals surface area contributed by atoms with Crippen LogP contribution in [0.1, 0.15) is 12.5 Å². The number of benzene rings is 2. The van der Waals surface area contributed by atoms with E-state index in [0.29, 0.717) is 5.69 Å². The molecule has 0 spiro atoms. The second kappa shape index (κ2) is 9.17. The number of aromatic amines is 1. The summed E-state index contributed by atoms with van der Waals surface area (Å²) in [5.74, 6) is 0. The Hall–Kier alpha value is -3.75. The number of halogens is 3. The van der Waals surface area contributed by atoms with Gasteiger partial charge in [-0.2, -0.15) is 5.10 Å². The standard InChI is InChI=1S/C23H22F3N5O/c1-2-14-3-6-17(7-4-14)31-13-16(10-29-31)15-5-8-20-18(9-15)21(12-27-20)30-23(32)28-11-19(24)22(25)26/h3-10,12-13,19,22,27H,2,11H2,1H3,(H2,28,30,32). The number of nitrogens with zero attached hydrogens (tertiary/aromatic N) is 2. The van der Waals surface area contributed by atoms with Crippen LogP contribution in [0.4, 0.5) is 23.7 Å². The van der Waals surface area contributed by atoms with Crippen LogP contribution in [0.25, 0.3) is 27.7 Å². The van der Waals surface area contributed by atoms with E-state index >= 15 is 0 Å². The molecular formula is C23H22F3N5O. The lowest BCUT2D eigenvalue weighted by Gasteiger charge is -2.09. The Morgan fingerprint density at radius 2 is 1.91 bits per heavy atom. The van der Waals surface area contributed by atoms with Gasteiger partial charge in [0.15, 0.2) is 6.17 Å². The van der Waals surface area contributed by atoms with Crippen LogP contribution in [0, 0.1) is 0 Å². The Bertz CT molecular complexity index is 1220. The number of rotatable bonds is 7. The molecule has 6 nitrogen and oxygen atoms in total. The minimum Gasteiger partial charge on any atom is -0.359 e. The van der Waals surface area contributed by atoms with Crippen molar-refractivity contribution in [2.24, 2.45) is 0 Å². The smallest absolute Gasteiger partial charge is 0.319 e. The summed E-state index contributed by atoms with van der Waals surface area (Å²) >= 11 is 0. The molecule has 4 rings (SSSR count). The molecule has 0 aliphatic heterocycles. The number of carbonyl (C=O) groups is 1. The van der Waals surface area contributed by atoms with Gasteiger partial charge in [0.2, 0.25) is 0 Å². The zero-order valence-electron chi connectivity index (χ0n) is 17.3. The highest BCUT2D eigenvalue weighted by atomic mass is 19.3. The van der Waals surface area contributed by atoms with E-state index in [1.165, 1.54) is 5.56 Å². The first-order valence-corrected chi connectivity index (χ1v) is 10.2. The highest BCUT2D eigenvalue weighted by molar-refractivity contribution is 6.02. The molecule has 1 atom stereocenters. The molecule has 1 unspecified atom stereocenters. The molecule has 0 aliphatic carbocycles. The predicted molar refractivity (Wildman–Crippen MR) is 118 cm³/mol. The van der Waals surface area contributed by atoms with E-state index in [2.05, 4.69) is 39.8 Å². The molecule has 166 valence electrons. The molecule has 0 fully saturated rings. The van der Waals surface area contributed by atoms with Gasteiger partial charge in [0.05, 0.1) is 24.1 Å². The van der Waals surface area contributed by atoms with Gasteiger partial charge in [-0.25, -0.2) is 22.6 Å². The summed E-state index contributed by atoms with van der Waals surface area (Å²) in [6.07, 6.45) is 0.678. The molecule has 2 heterocycles. The number of H-pyrrole nitrogens is 1. The number of aromatic nitrogens is 3. The third kappa shape index (κ3) is 4.61. The van der Waals surface area contributed by atoms with E-state index in [1.54, 1.807) is 17.1 Å². The predicted octanol–water partition coefficient (Wildman–Crippen LogP) is 5.31. The van der Waals surface area contributed by atoms with Crippen LogP contribution in [0.3, 0.4) is 0 Å². The summed E-state index contributed by atoms with van der Waals surface area (Å²) in [7, 11) is 0. The second-order valence-corrected chi connectivity index (χ2v) is 7.34. The fourth-order valence-electron chi connectivity index (χ4n) is 3.35. The quantitative estimate of drug-likeness (QED) is 0.364. The molecule has 2 amide bonds. The van der Waals surface area contributed by atoms with Crippen molar-refractivity contribution in [2.45, 2.75) is 25.9 Å². The molecule has 2 aromatic heterocycles. The first-order valence-electron chi connectivity index (χ1n) is 10.2. The molecule has 0 radical (unpaired) electrons. The minimum absolute atomic E-state index is 0.453. The highest BCUT2D eigenvalue weighted by Gasteiger charge is 2.20. The summed E-state index contributed by atoms with van der Waals surface area (Å²) in [5.41, 5.74) is 5.21. The summed E-state index contributed by atoms with van der Waals surface area (Å²) < 4.78 is 39.3. The van der Waals surface area contributed by atoms with Crippen molar-refractivity contribution in [3.05, 3.63) is 66.6 Å². The molecule has 9 heteroatoms. The maximum absolute atomic E-state index is 13.0. The van der Waals surface area contributed by atoms with Gasteiger partial charge in [0, 0.05) is 28.9 Å². The topological polar surface area (TPSA) is 74.7 Å². The van der Waals surface area contributed by atoms with Gasteiger partial charge < -0.3 is 15.6 Å². The fraction of sp³-hybridized carbons (Fsp3) is 0.217. The summed E-state index contributed by atoms with van der Waals surface area (Å²) in [6.45, 7) is 1.33. The van der Waals surface area contributed by atoms with Gasteiger partial charge in [0.1, 0.15) is 0 Å². The number of hydrogen-bond donors (Lipinski definition) is 3. The number of alkyl halides is 3. The van der Waals surface area contributed by atoms with Crippen molar-refractivity contribution < 1.29 is 18.0 Å². The number of nitrogens with one attached hydrogen (secondary N) is 3. The normalized spacial score (nSPS) is 12.3. The number of carbonyl (C=O) groups excluding carboxylic acids is 1. The summed E-state index contributed by atoms with van der Waals surface area (Å²) in [5, 5.41) is 9.85. The van der Waals surface area contributed by atoms with E-state index in [4.69, 9.17) is 0 Å². The zero-order chi connectivity index (χ0) is 22.7. The summed E-state index contributed by atoms with van der Waals surface area (Å²) in [4.78, 5) is 15.0. The van der Waals surface area contributed by atoms with Gasteiger partial charge in [0.25, 0.3) is 6.43 Å². The summed E-state index contributed by atoms with van der Waals surface area (Å²) in [6, 6.07) is 13.1. The van der Waals surface area contributed by atoms with Gasteiger partial charge in [-0.05, 0) is 41.8 Å². The molecule has 0 bridgehead atoms. The fourth-order valence-corrected chi connectivity index (χ4v) is 3.35. The third-order valence-electron chi connectivity index (χ3n) is 5.19. The number of anilines is 1.